The van der Waals surface area contributed by atoms with Crippen LogP contribution in [0.1, 0.15) is 23.7 Å². The van der Waals surface area contributed by atoms with Gasteiger partial charge in [-0.25, -0.2) is 4.98 Å². The van der Waals surface area contributed by atoms with Crippen LogP contribution in [0.5, 0.6) is 0 Å². The number of aromatic nitrogens is 3. The largest absolute Gasteiger partial charge is 0.351 e. The molecular formula is C8H10N4S2. The third-order valence-corrected chi connectivity index (χ3v) is 3.47. The maximum absolute atomic E-state index is 4.40. The Morgan fingerprint density at radius 3 is 2.86 bits per heavy atom. The first-order chi connectivity index (χ1) is 6.75. The second-order valence-corrected chi connectivity index (χ2v) is 4.66. The van der Waals surface area contributed by atoms with Crippen LogP contribution in [-0.4, -0.2) is 15.2 Å². The lowest BCUT2D eigenvalue weighted by molar-refractivity contribution is 0.855. The Kier molecular flexibility index (Phi) is 2.74. The summed E-state index contributed by atoms with van der Waals surface area (Å²) >= 11 is 3.16. The lowest BCUT2D eigenvalue weighted by Crippen LogP contribution is -2.05. The van der Waals surface area contributed by atoms with Crippen molar-refractivity contribution < 1.29 is 0 Å². The van der Waals surface area contributed by atoms with E-state index in [0.29, 0.717) is 0 Å². The summed E-state index contributed by atoms with van der Waals surface area (Å²) in [4.78, 5) is 4.40. The van der Waals surface area contributed by atoms with Crippen LogP contribution in [0.2, 0.25) is 0 Å². The Hall–Kier alpha value is -1.01. The van der Waals surface area contributed by atoms with Crippen molar-refractivity contribution in [3.63, 3.8) is 0 Å². The van der Waals surface area contributed by atoms with Crippen LogP contribution in [0.4, 0.5) is 5.13 Å². The number of hydrogen-bond donors (Lipinski definition) is 1. The minimum absolute atomic E-state index is 0.196. The summed E-state index contributed by atoms with van der Waals surface area (Å²) in [5.74, 6) is 0. The van der Waals surface area contributed by atoms with Gasteiger partial charge in [0.05, 0.1) is 6.04 Å². The zero-order valence-electron chi connectivity index (χ0n) is 7.89. The molecule has 2 heterocycles. The van der Waals surface area contributed by atoms with Crippen molar-refractivity contribution in [3.8, 4) is 0 Å². The smallest absolute Gasteiger partial charge is 0.205 e. The molecule has 0 aliphatic carbocycles. The Morgan fingerprint density at radius 1 is 1.43 bits per heavy atom. The van der Waals surface area contributed by atoms with E-state index in [2.05, 4.69) is 27.4 Å². The number of aryl methyl sites for hydroxylation is 1. The van der Waals surface area contributed by atoms with Crippen molar-refractivity contribution in [1.82, 2.24) is 15.2 Å². The van der Waals surface area contributed by atoms with Gasteiger partial charge in [-0.2, -0.15) is 0 Å². The van der Waals surface area contributed by atoms with Gasteiger partial charge in [-0.3, -0.25) is 0 Å². The van der Waals surface area contributed by atoms with Crippen LogP contribution < -0.4 is 5.32 Å². The van der Waals surface area contributed by atoms with Crippen LogP contribution in [0.15, 0.2) is 10.9 Å². The second-order valence-electron chi connectivity index (χ2n) is 2.94. The molecule has 0 saturated carbocycles. The van der Waals surface area contributed by atoms with Gasteiger partial charge in [0.15, 0.2) is 0 Å². The number of rotatable bonds is 3. The fourth-order valence-corrected chi connectivity index (χ4v) is 2.39. The van der Waals surface area contributed by atoms with Gasteiger partial charge in [-0.15, -0.1) is 21.5 Å². The third-order valence-electron chi connectivity index (χ3n) is 1.71. The van der Waals surface area contributed by atoms with Gasteiger partial charge < -0.3 is 5.32 Å². The molecule has 6 heteroatoms. The quantitative estimate of drug-likeness (QED) is 0.873. The molecular weight excluding hydrogens is 216 g/mol. The standard InChI is InChI=1S/C8H10N4S2/c1-5-3-13-7(10-5)6(2)11-8-12-9-4-14-8/h3-4,6H,1-2H3,(H,11,12). The molecule has 0 fully saturated rings. The number of nitrogens with one attached hydrogen (secondary N) is 1. The van der Waals surface area contributed by atoms with Gasteiger partial charge in [0.2, 0.25) is 5.13 Å². The van der Waals surface area contributed by atoms with Crippen molar-refractivity contribution in [2.24, 2.45) is 0 Å². The highest BCUT2D eigenvalue weighted by molar-refractivity contribution is 7.13. The van der Waals surface area contributed by atoms with E-state index in [4.69, 9.17) is 0 Å². The van der Waals surface area contributed by atoms with Gasteiger partial charge >= 0.3 is 0 Å². The first-order valence-corrected chi connectivity index (χ1v) is 5.96. The van der Waals surface area contributed by atoms with E-state index in [9.17, 15) is 0 Å². The topological polar surface area (TPSA) is 50.7 Å². The molecule has 2 rings (SSSR count). The van der Waals surface area contributed by atoms with Crippen molar-refractivity contribution in [1.29, 1.82) is 0 Å². The van der Waals surface area contributed by atoms with E-state index in [0.717, 1.165) is 15.8 Å². The van der Waals surface area contributed by atoms with Crippen LogP contribution in [-0.2, 0) is 0 Å². The van der Waals surface area contributed by atoms with Crippen molar-refractivity contribution in [2.45, 2.75) is 19.9 Å². The van der Waals surface area contributed by atoms with Crippen LogP contribution in [0, 0.1) is 6.92 Å². The summed E-state index contributed by atoms with van der Waals surface area (Å²) in [5, 5.41) is 14.9. The molecule has 0 aliphatic heterocycles. The molecule has 1 unspecified atom stereocenters. The number of nitrogens with zero attached hydrogens (tertiary/aromatic N) is 3. The predicted octanol–water partition coefficient (Wildman–Crippen LogP) is 2.48. The highest BCUT2D eigenvalue weighted by atomic mass is 32.1. The molecule has 2 aromatic rings. The molecule has 0 spiro atoms. The molecule has 0 amide bonds. The van der Waals surface area contributed by atoms with E-state index in [1.165, 1.54) is 11.3 Å². The molecule has 0 radical (unpaired) electrons. The Labute approximate surface area is 90.0 Å². The maximum Gasteiger partial charge on any atom is 0.205 e. The van der Waals surface area contributed by atoms with Crippen LogP contribution in [0.3, 0.4) is 0 Å². The number of thiazole rings is 1. The van der Waals surface area contributed by atoms with E-state index in [-0.39, 0.29) is 6.04 Å². The minimum atomic E-state index is 0.196. The lowest BCUT2D eigenvalue weighted by Gasteiger charge is -2.08. The third kappa shape index (κ3) is 2.08. The summed E-state index contributed by atoms with van der Waals surface area (Å²) in [5.41, 5.74) is 2.78. The molecule has 0 aromatic carbocycles. The summed E-state index contributed by atoms with van der Waals surface area (Å²) in [6, 6.07) is 0.196. The molecule has 1 N–H and O–H groups in total. The van der Waals surface area contributed by atoms with E-state index < -0.39 is 0 Å². The average Bonchev–Trinajstić information content (AvgIpc) is 2.75. The Balaban J connectivity index is 2.06. The average molecular weight is 226 g/mol. The lowest BCUT2D eigenvalue weighted by atomic mass is 10.4. The van der Waals surface area contributed by atoms with E-state index in [1.54, 1.807) is 16.8 Å². The highest BCUT2D eigenvalue weighted by Gasteiger charge is 2.10. The predicted molar refractivity (Wildman–Crippen MR) is 58.8 cm³/mol. The minimum Gasteiger partial charge on any atom is -0.351 e. The second kappa shape index (κ2) is 4.02. The van der Waals surface area contributed by atoms with Gasteiger partial charge in [0.25, 0.3) is 0 Å². The summed E-state index contributed by atoms with van der Waals surface area (Å²) < 4.78 is 0. The summed E-state index contributed by atoms with van der Waals surface area (Å²) in [6.45, 7) is 4.07. The Bertz CT molecular complexity index is 395. The summed E-state index contributed by atoms with van der Waals surface area (Å²) in [6.07, 6.45) is 0. The molecule has 4 nitrogen and oxygen atoms in total. The summed E-state index contributed by atoms with van der Waals surface area (Å²) in [7, 11) is 0. The van der Waals surface area contributed by atoms with Crippen molar-refractivity contribution in [3.05, 3.63) is 21.6 Å². The van der Waals surface area contributed by atoms with Crippen LogP contribution >= 0.6 is 22.7 Å². The van der Waals surface area contributed by atoms with E-state index >= 15 is 0 Å². The fourth-order valence-electron chi connectivity index (χ4n) is 1.05. The van der Waals surface area contributed by atoms with Crippen LogP contribution in [0.25, 0.3) is 0 Å². The molecule has 74 valence electrons. The van der Waals surface area contributed by atoms with Crippen molar-refractivity contribution in [2.75, 3.05) is 5.32 Å². The zero-order valence-corrected chi connectivity index (χ0v) is 9.52. The molecule has 1 atom stereocenters. The SMILES string of the molecule is Cc1csc(C(C)Nc2nncs2)n1. The molecule has 0 saturated heterocycles. The van der Waals surface area contributed by atoms with Gasteiger partial charge in [0.1, 0.15) is 10.5 Å². The molecule has 14 heavy (non-hydrogen) atoms. The molecule has 2 aromatic heterocycles. The normalized spacial score (nSPS) is 12.7. The molecule has 0 bridgehead atoms. The van der Waals surface area contributed by atoms with E-state index in [1.807, 2.05) is 12.3 Å². The van der Waals surface area contributed by atoms with Gasteiger partial charge in [0, 0.05) is 11.1 Å². The van der Waals surface area contributed by atoms with Gasteiger partial charge in [-0.1, -0.05) is 11.3 Å². The number of anilines is 1. The van der Waals surface area contributed by atoms with Gasteiger partial charge in [-0.05, 0) is 13.8 Å². The fraction of sp³-hybridized carbons (Fsp3) is 0.375. The zero-order chi connectivity index (χ0) is 9.97. The monoisotopic (exact) mass is 226 g/mol. The Morgan fingerprint density at radius 2 is 2.29 bits per heavy atom. The first kappa shape index (κ1) is 9.54. The maximum atomic E-state index is 4.40. The molecule has 0 aliphatic rings. The number of hydrogen-bond acceptors (Lipinski definition) is 6. The first-order valence-electron chi connectivity index (χ1n) is 4.20. The highest BCUT2D eigenvalue weighted by Crippen LogP contribution is 2.22. The van der Waals surface area contributed by atoms with Crippen molar-refractivity contribution >= 4 is 27.8 Å².